The summed E-state index contributed by atoms with van der Waals surface area (Å²) >= 11 is 0. The summed E-state index contributed by atoms with van der Waals surface area (Å²) in [6.45, 7) is 3.86. The smallest absolute Gasteiger partial charge is 0.255 e. The van der Waals surface area contributed by atoms with Crippen LogP contribution in [0.4, 0.5) is 0 Å². The molecule has 1 aromatic carbocycles. The fourth-order valence-electron chi connectivity index (χ4n) is 5.81. The second-order valence-corrected chi connectivity index (χ2v) is 9.42. The van der Waals surface area contributed by atoms with Crippen LogP contribution in [0.15, 0.2) is 18.2 Å². The Morgan fingerprint density at radius 3 is 2.87 bits per heavy atom. The Morgan fingerprint density at radius 2 is 2.10 bits per heavy atom. The molecule has 3 N–H and O–H groups in total. The third-order valence-corrected chi connectivity index (χ3v) is 7.11. The van der Waals surface area contributed by atoms with Crippen LogP contribution in [0.25, 0.3) is 0 Å². The van der Waals surface area contributed by atoms with Gasteiger partial charge in [0.05, 0.1) is 6.61 Å². The molecule has 1 aliphatic carbocycles. The van der Waals surface area contributed by atoms with E-state index in [4.69, 9.17) is 4.74 Å². The number of hydrogen-bond acceptors (Lipinski definition) is 6. The predicted octanol–water partition coefficient (Wildman–Crippen LogP) is 0.306. The lowest BCUT2D eigenvalue weighted by Crippen LogP contribution is -2.53. The van der Waals surface area contributed by atoms with E-state index >= 15 is 0 Å². The SMILES string of the molecule is COCC12CC(CNCc3ccc4c(c3)C(=O)N(C3CCC(=O)NC3=O)C4)(CN1)C2. The fourth-order valence-corrected chi connectivity index (χ4v) is 5.81. The van der Waals surface area contributed by atoms with E-state index in [1.165, 1.54) is 0 Å². The minimum absolute atomic E-state index is 0.122. The normalized spacial score (nSPS) is 32.2. The molecule has 4 heterocycles. The minimum atomic E-state index is -0.566. The number of rotatable bonds is 7. The Bertz CT molecular complexity index is 908. The summed E-state index contributed by atoms with van der Waals surface area (Å²) in [6, 6.07) is 5.41. The van der Waals surface area contributed by atoms with Gasteiger partial charge in [-0.25, -0.2) is 0 Å². The number of fused-ring (bicyclic) bond motifs is 2. The van der Waals surface area contributed by atoms with Gasteiger partial charge in [-0.2, -0.15) is 0 Å². The molecule has 4 aliphatic heterocycles. The van der Waals surface area contributed by atoms with Crippen molar-refractivity contribution in [2.45, 2.75) is 50.4 Å². The molecule has 3 saturated heterocycles. The van der Waals surface area contributed by atoms with Crippen LogP contribution in [0.1, 0.15) is 47.2 Å². The van der Waals surface area contributed by atoms with E-state index < -0.39 is 6.04 Å². The summed E-state index contributed by atoms with van der Waals surface area (Å²) in [5, 5.41) is 9.52. The quantitative estimate of drug-likeness (QED) is 0.558. The highest BCUT2D eigenvalue weighted by molar-refractivity contribution is 6.05. The van der Waals surface area contributed by atoms with Gasteiger partial charge < -0.3 is 20.3 Å². The van der Waals surface area contributed by atoms with Crippen molar-refractivity contribution in [3.63, 3.8) is 0 Å². The minimum Gasteiger partial charge on any atom is -0.383 e. The van der Waals surface area contributed by atoms with Crippen molar-refractivity contribution in [2.75, 3.05) is 26.8 Å². The van der Waals surface area contributed by atoms with Crippen LogP contribution < -0.4 is 16.0 Å². The number of ether oxygens (including phenoxy) is 1. The van der Waals surface area contributed by atoms with Crippen molar-refractivity contribution in [3.8, 4) is 0 Å². The number of nitrogens with zero attached hydrogens (tertiary/aromatic N) is 1. The van der Waals surface area contributed by atoms with Crippen LogP contribution in [0.5, 0.6) is 0 Å². The molecule has 1 unspecified atom stereocenters. The highest BCUT2D eigenvalue weighted by atomic mass is 16.5. The van der Waals surface area contributed by atoms with E-state index in [0.717, 1.165) is 43.7 Å². The predicted molar refractivity (Wildman–Crippen MR) is 108 cm³/mol. The van der Waals surface area contributed by atoms with Gasteiger partial charge in [0.1, 0.15) is 6.04 Å². The molecule has 0 radical (unpaired) electrons. The first-order valence-electron chi connectivity index (χ1n) is 10.6. The third kappa shape index (κ3) is 3.23. The maximum Gasteiger partial charge on any atom is 0.255 e. The van der Waals surface area contributed by atoms with Gasteiger partial charge in [-0.3, -0.25) is 19.7 Å². The molecule has 160 valence electrons. The molecule has 5 aliphatic rings. The molecule has 6 rings (SSSR count). The topological polar surface area (TPSA) is 99.8 Å². The van der Waals surface area contributed by atoms with Crippen molar-refractivity contribution in [2.24, 2.45) is 5.41 Å². The van der Waals surface area contributed by atoms with Crippen LogP contribution >= 0.6 is 0 Å². The molecule has 8 heteroatoms. The first-order valence-corrected chi connectivity index (χ1v) is 10.6. The molecular weight excluding hydrogens is 384 g/mol. The molecule has 8 nitrogen and oxygen atoms in total. The molecule has 30 heavy (non-hydrogen) atoms. The van der Waals surface area contributed by atoms with E-state index in [1.54, 1.807) is 12.0 Å². The van der Waals surface area contributed by atoms with Gasteiger partial charge in [-0.15, -0.1) is 0 Å². The van der Waals surface area contributed by atoms with Crippen molar-refractivity contribution < 1.29 is 19.1 Å². The van der Waals surface area contributed by atoms with E-state index in [2.05, 4.69) is 16.0 Å². The van der Waals surface area contributed by atoms with Crippen molar-refractivity contribution >= 4 is 17.7 Å². The van der Waals surface area contributed by atoms with E-state index in [1.807, 2.05) is 18.2 Å². The number of piperidine rings is 1. The zero-order chi connectivity index (χ0) is 20.9. The Hall–Kier alpha value is -2.29. The second-order valence-electron chi connectivity index (χ2n) is 9.42. The summed E-state index contributed by atoms with van der Waals surface area (Å²) in [6.07, 6.45) is 2.95. The van der Waals surface area contributed by atoms with Gasteiger partial charge >= 0.3 is 0 Å². The van der Waals surface area contributed by atoms with Gasteiger partial charge in [0.2, 0.25) is 11.8 Å². The van der Waals surface area contributed by atoms with Crippen LogP contribution in [-0.4, -0.2) is 61.0 Å². The number of amides is 3. The zero-order valence-corrected chi connectivity index (χ0v) is 17.3. The highest BCUT2D eigenvalue weighted by Gasteiger charge is 2.60. The van der Waals surface area contributed by atoms with E-state index in [9.17, 15) is 14.4 Å². The summed E-state index contributed by atoms with van der Waals surface area (Å²) in [5.41, 5.74) is 3.17. The second kappa shape index (κ2) is 7.14. The largest absolute Gasteiger partial charge is 0.383 e. The number of carbonyl (C=O) groups excluding carboxylic acids is 3. The molecule has 3 amide bonds. The highest BCUT2D eigenvalue weighted by Crippen LogP contribution is 2.53. The monoisotopic (exact) mass is 412 g/mol. The van der Waals surface area contributed by atoms with Gasteiger partial charge in [0.15, 0.2) is 0 Å². The molecule has 0 aromatic heterocycles. The fraction of sp³-hybridized carbons (Fsp3) is 0.591. The van der Waals surface area contributed by atoms with Crippen molar-refractivity contribution in [3.05, 3.63) is 34.9 Å². The number of nitrogens with one attached hydrogen (secondary N) is 3. The van der Waals surface area contributed by atoms with Crippen molar-refractivity contribution in [1.29, 1.82) is 0 Å². The van der Waals surface area contributed by atoms with Crippen LogP contribution in [0.3, 0.4) is 0 Å². The maximum atomic E-state index is 12.9. The summed E-state index contributed by atoms with van der Waals surface area (Å²) < 4.78 is 5.34. The molecular formula is C22H28N4O4. The van der Waals surface area contributed by atoms with Gasteiger partial charge in [0.25, 0.3) is 5.91 Å². The van der Waals surface area contributed by atoms with Gasteiger partial charge in [-0.1, -0.05) is 12.1 Å². The molecule has 2 bridgehead atoms. The van der Waals surface area contributed by atoms with Gasteiger partial charge in [-0.05, 0) is 41.9 Å². The Balaban J connectivity index is 1.19. The number of hydrogen-bond donors (Lipinski definition) is 3. The Labute approximate surface area is 175 Å². The summed E-state index contributed by atoms with van der Waals surface area (Å²) in [4.78, 5) is 38.1. The van der Waals surface area contributed by atoms with Crippen molar-refractivity contribution in [1.82, 2.24) is 20.9 Å². The standard InChI is InChI=1S/C22H28N4O4/c1-30-13-22-9-21(10-22,12-24-22)11-23-7-14-2-3-15-8-26(20(29)16(15)6-14)17-4-5-18(27)25-19(17)28/h2-3,6,17,23-24H,4-5,7-13H2,1H3,(H,25,27,28). The number of imide groups is 1. The lowest BCUT2D eigenvalue weighted by molar-refractivity contribution is -0.136. The number of methoxy groups -OCH3 is 1. The zero-order valence-electron chi connectivity index (χ0n) is 17.3. The maximum absolute atomic E-state index is 12.9. The van der Waals surface area contributed by atoms with Crippen LogP contribution in [-0.2, 0) is 27.4 Å². The molecule has 1 aromatic rings. The van der Waals surface area contributed by atoms with Crippen LogP contribution in [0, 0.1) is 5.41 Å². The molecule has 0 spiro atoms. The van der Waals surface area contributed by atoms with E-state index in [-0.39, 0.29) is 29.7 Å². The van der Waals surface area contributed by atoms with Gasteiger partial charge in [0, 0.05) is 50.8 Å². The summed E-state index contributed by atoms with van der Waals surface area (Å²) in [7, 11) is 1.75. The third-order valence-electron chi connectivity index (χ3n) is 7.11. The van der Waals surface area contributed by atoms with Crippen LogP contribution in [0.2, 0.25) is 0 Å². The Morgan fingerprint density at radius 1 is 1.27 bits per heavy atom. The molecule has 4 fully saturated rings. The lowest BCUT2D eigenvalue weighted by Gasteiger charge is -2.46. The number of carbonyl (C=O) groups is 3. The average molecular weight is 412 g/mol. The first-order chi connectivity index (χ1) is 14.4. The molecule has 1 atom stereocenters. The molecule has 1 saturated carbocycles. The average Bonchev–Trinajstić information content (AvgIpc) is 3.32. The first kappa shape index (κ1) is 19.7. The summed E-state index contributed by atoms with van der Waals surface area (Å²) in [5.74, 6) is -0.760. The Kier molecular flexibility index (Phi) is 4.68. The number of benzene rings is 1. The van der Waals surface area contributed by atoms with E-state index in [0.29, 0.717) is 30.5 Å². The lowest BCUT2D eigenvalue weighted by atomic mass is 9.62.